The van der Waals surface area contributed by atoms with Crippen LogP contribution in [-0.2, 0) is 16.6 Å². The average Bonchev–Trinajstić information content (AvgIpc) is 2.95. The van der Waals surface area contributed by atoms with E-state index in [-0.39, 0.29) is 5.91 Å². The van der Waals surface area contributed by atoms with Gasteiger partial charge in [0.1, 0.15) is 0 Å². The molecule has 29 heavy (non-hydrogen) atoms. The molecule has 0 aliphatic carbocycles. The summed E-state index contributed by atoms with van der Waals surface area (Å²) in [6.45, 7) is 4.35. The summed E-state index contributed by atoms with van der Waals surface area (Å²) in [5.74, 6) is -0.151. The Balaban J connectivity index is 1.77. The van der Waals surface area contributed by atoms with Gasteiger partial charge in [-0.05, 0) is 50.2 Å². The number of hydrogen-bond acceptors (Lipinski definition) is 4. The molecule has 3 rings (SSSR count). The molecule has 2 aromatic carbocycles. The molecule has 1 amide bonds. The maximum absolute atomic E-state index is 12.8. The topological polar surface area (TPSA) is 84.3 Å². The first kappa shape index (κ1) is 20.6. The number of carbonyl (C=O) groups excluding carboxylic acids is 1. The molecule has 0 saturated carbocycles. The molecular weight excluding hydrogens is 388 g/mol. The van der Waals surface area contributed by atoms with Gasteiger partial charge in [-0.25, -0.2) is 13.1 Å². The summed E-state index contributed by atoms with van der Waals surface area (Å²) >= 11 is 0. The fourth-order valence-electron chi connectivity index (χ4n) is 3.15. The van der Waals surface area contributed by atoms with Crippen molar-refractivity contribution >= 4 is 21.6 Å². The largest absolute Gasteiger partial charge is 0.337 e. The second-order valence-electron chi connectivity index (χ2n) is 7.01. The van der Waals surface area contributed by atoms with E-state index in [4.69, 9.17) is 0 Å². The molecule has 3 aromatic rings. The summed E-state index contributed by atoms with van der Waals surface area (Å²) in [5, 5.41) is 4.62. The van der Waals surface area contributed by atoms with Crippen molar-refractivity contribution in [2.24, 2.45) is 0 Å². The lowest BCUT2D eigenvalue weighted by Crippen LogP contribution is -2.26. The van der Waals surface area contributed by atoms with Crippen LogP contribution in [0.2, 0.25) is 0 Å². The number of amides is 1. The van der Waals surface area contributed by atoms with Gasteiger partial charge in [-0.1, -0.05) is 18.2 Å². The van der Waals surface area contributed by atoms with Crippen LogP contribution in [0.15, 0.2) is 54.6 Å². The third kappa shape index (κ3) is 4.83. The van der Waals surface area contributed by atoms with Crippen LogP contribution >= 0.6 is 0 Å². The Morgan fingerprint density at radius 1 is 1.07 bits per heavy atom. The first-order chi connectivity index (χ1) is 13.7. The van der Waals surface area contributed by atoms with Crippen LogP contribution in [0.1, 0.15) is 27.3 Å². The third-order valence-electron chi connectivity index (χ3n) is 4.62. The van der Waals surface area contributed by atoms with Crippen molar-refractivity contribution in [2.75, 3.05) is 18.0 Å². The van der Waals surface area contributed by atoms with Crippen molar-refractivity contribution < 1.29 is 13.2 Å². The number of sulfonamides is 1. The van der Waals surface area contributed by atoms with E-state index < -0.39 is 10.0 Å². The Hall–Kier alpha value is -3.13. The molecule has 8 heteroatoms. The zero-order valence-electron chi connectivity index (χ0n) is 16.9. The van der Waals surface area contributed by atoms with E-state index >= 15 is 0 Å². The Bertz CT molecular complexity index is 1120. The van der Waals surface area contributed by atoms with Gasteiger partial charge in [0, 0.05) is 36.1 Å². The molecule has 0 radical (unpaired) electrons. The zero-order valence-corrected chi connectivity index (χ0v) is 17.7. The summed E-state index contributed by atoms with van der Waals surface area (Å²) < 4.78 is 26.9. The maximum atomic E-state index is 12.8. The molecule has 0 unspecified atom stereocenters. The first-order valence-electron chi connectivity index (χ1n) is 9.09. The standard InChI is InChI=1S/C21H24N4O3S/c1-15-20(16(2)25(22-15)19-8-6-5-7-9-19)14-24(3)21(26)17-10-12-18(13-11-17)23-29(4,27)28/h5-13,23H,14H2,1-4H3. The van der Waals surface area contributed by atoms with Crippen molar-refractivity contribution in [1.82, 2.24) is 14.7 Å². The molecule has 0 aliphatic rings. The Kier molecular flexibility index (Phi) is 5.74. The van der Waals surface area contributed by atoms with E-state index in [1.807, 2.05) is 48.9 Å². The van der Waals surface area contributed by atoms with E-state index in [0.717, 1.165) is 28.9 Å². The summed E-state index contributed by atoms with van der Waals surface area (Å²) in [5.41, 5.74) is 4.74. The van der Waals surface area contributed by atoms with Crippen molar-refractivity contribution in [2.45, 2.75) is 20.4 Å². The van der Waals surface area contributed by atoms with Crippen molar-refractivity contribution in [1.29, 1.82) is 0 Å². The van der Waals surface area contributed by atoms with Crippen molar-refractivity contribution in [3.8, 4) is 5.69 Å². The summed E-state index contributed by atoms with van der Waals surface area (Å²) in [6, 6.07) is 16.2. The van der Waals surface area contributed by atoms with E-state index in [1.54, 1.807) is 36.2 Å². The highest BCUT2D eigenvalue weighted by Gasteiger charge is 2.18. The van der Waals surface area contributed by atoms with Crippen LogP contribution in [0, 0.1) is 13.8 Å². The van der Waals surface area contributed by atoms with Crippen LogP contribution in [0.25, 0.3) is 5.69 Å². The highest BCUT2D eigenvalue weighted by molar-refractivity contribution is 7.92. The number of aromatic nitrogens is 2. The molecule has 152 valence electrons. The Labute approximate surface area is 171 Å². The minimum absolute atomic E-state index is 0.151. The molecule has 1 aromatic heterocycles. The highest BCUT2D eigenvalue weighted by Crippen LogP contribution is 2.20. The van der Waals surface area contributed by atoms with Gasteiger partial charge in [-0.2, -0.15) is 5.10 Å². The number of carbonyl (C=O) groups is 1. The molecule has 7 nitrogen and oxygen atoms in total. The number of anilines is 1. The van der Waals surface area contributed by atoms with E-state index in [1.165, 1.54) is 0 Å². The Morgan fingerprint density at radius 2 is 1.69 bits per heavy atom. The second-order valence-corrected chi connectivity index (χ2v) is 8.76. The fraction of sp³-hybridized carbons (Fsp3) is 0.238. The minimum atomic E-state index is -3.35. The normalized spacial score (nSPS) is 11.3. The van der Waals surface area contributed by atoms with E-state index in [9.17, 15) is 13.2 Å². The van der Waals surface area contributed by atoms with Gasteiger partial charge in [0.05, 0.1) is 17.6 Å². The number of benzene rings is 2. The zero-order chi connectivity index (χ0) is 21.2. The summed E-state index contributed by atoms with van der Waals surface area (Å²) in [7, 11) is -1.61. The Morgan fingerprint density at radius 3 is 2.28 bits per heavy atom. The maximum Gasteiger partial charge on any atom is 0.253 e. The highest BCUT2D eigenvalue weighted by atomic mass is 32.2. The van der Waals surface area contributed by atoms with Gasteiger partial charge < -0.3 is 4.90 Å². The van der Waals surface area contributed by atoms with Gasteiger partial charge in [-0.15, -0.1) is 0 Å². The second kappa shape index (κ2) is 8.08. The third-order valence-corrected chi connectivity index (χ3v) is 5.23. The molecule has 0 aliphatic heterocycles. The molecular formula is C21H24N4O3S. The predicted octanol–water partition coefficient (Wildman–Crippen LogP) is 3.13. The molecule has 1 heterocycles. The van der Waals surface area contributed by atoms with E-state index in [0.29, 0.717) is 17.8 Å². The van der Waals surface area contributed by atoms with Gasteiger partial charge in [-0.3, -0.25) is 9.52 Å². The van der Waals surface area contributed by atoms with Crippen molar-refractivity contribution in [3.05, 3.63) is 77.1 Å². The lowest BCUT2D eigenvalue weighted by atomic mass is 10.1. The monoisotopic (exact) mass is 412 g/mol. The molecule has 0 fully saturated rings. The lowest BCUT2D eigenvalue weighted by Gasteiger charge is -2.18. The number of hydrogen-bond donors (Lipinski definition) is 1. The van der Waals surface area contributed by atoms with Crippen LogP contribution in [0.3, 0.4) is 0 Å². The van der Waals surface area contributed by atoms with E-state index in [2.05, 4.69) is 9.82 Å². The van der Waals surface area contributed by atoms with Crippen molar-refractivity contribution in [3.63, 3.8) is 0 Å². The molecule has 0 atom stereocenters. The minimum Gasteiger partial charge on any atom is -0.337 e. The van der Waals surface area contributed by atoms with Gasteiger partial charge in [0.2, 0.25) is 10.0 Å². The predicted molar refractivity (Wildman–Crippen MR) is 114 cm³/mol. The SMILES string of the molecule is Cc1nn(-c2ccccc2)c(C)c1CN(C)C(=O)c1ccc(NS(C)(=O)=O)cc1. The smallest absolute Gasteiger partial charge is 0.253 e. The number of rotatable bonds is 6. The van der Waals surface area contributed by atoms with Gasteiger partial charge in [0.15, 0.2) is 0 Å². The van der Waals surface area contributed by atoms with Crippen LogP contribution < -0.4 is 4.72 Å². The molecule has 1 N–H and O–H groups in total. The number of aryl methyl sites for hydroxylation is 1. The average molecular weight is 413 g/mol. The van der Waals surface area contributed by atoms with Crippen LogP contribution in [0.5, 0.6) is 0 Å². The van der Waals surface area contributed by atoms with Gasteiger partial charge in [0.25, 0.3) is 5.91 Å². The first-order valence-corrected chi connectivity index (χ1v) is 11.0. The van der Waals surface area contributed by atoms with Crippen LogP contribution in [0.4, 0.5) is 5.69 Å². The summed E-state index contributed by atoms with van der Waals surface area (Å²) in [6.07, 6.45) is 1.08. The van der Waals surface area contributed by atoms with Gasteiger partial charge >= 0.3 is 0 Å². The molecule has 0 spiro atoms. The molecule has 0 bridgehead atoms. The number of nitrogens with zero attached hydrogens (tertiary/aromatic N) is 3. The fourth-order valence-corrected chi connectivity index (χ4v) is 3.71. The quantitative estimate of drug-likeness (QED) is 0.674. The number of para-hydroxylation sites is 1. The number of nitrogens with one attached hydrogen (secondary N) is 1. The van der Waals surface area contributed by atoms with Crippen LogP contribution in [-0.4, -0.2) is 42.3 Å². The lowest BCUT2D eigenvalue weighted by molar-refractivity contribution is 0.0785. The molecule has 0 saturated heterocycles. The summed E-state index contributed by atoms with van der Waals surface area (Å²) in [4.78, 5) is 14.4.